The third-order valence-electron chi connectivity index (χ3n) is 4.35. The van der Waals surface area contributed by atoms with E-state index in [2.05, 4.69) is 4.90 Å². The number of Topliss-reactive ketones (excluding diaryl/α,β-unsaturated/α-hetero) is 1. The molecule has 0 radical (unpaired) electrons. The molecule has 0 N–H and O–H groups in total. The van der Waals surface area contributed by atoms with Gasteiger partial charge in [-0.05, 0) is 37.1 Å². The summed E-state index contributed by atoms with van der Waals surface area (Å²) < 4.78 is 0. The quantitative estimate of drug-likeness (QED) is 0.798. The van der Waals surface area contributed by atoms with Gasteiger partial charge in [0.1, 0.15) is 0 Å². The van der Waals surface area contributed by atoms with Gasteiger partial charge < -0.3 is 4.90 Å². The Morgan fingerprint density at radius 2 is 1.45 bits per heavy atom. The molecule has 2 heterocycles. The van der Waals surface area contributed by atoms with Crippen LogP contribution in [0.15, 0.2) is 48.5 Å². The van der Waals surface area contributed by atoms with E-state index < -0.39 is 11.7 Å². The third kappa shape index (κ3) is 1.84. The molecule has 2 aliphatic rings. The number of anilines is 3. The van der Waals surface area contributed by atoms with E-state index in [4.69, 9.17) is 0 Å². The van der Waals surface area contributed by atoms with Gasteiger partial charge in [-0.3, -0.25) is 14.5 Å². The Balaban J connectivity index is 1.87. The minimum absolute atomic E-state index is 0.402. The number of carbonyl (C=O) groups is 2. The van der Waals surface area contributed by atoms with Crippen LogP contribution in [-0.2, 0) is 4.79 Å². The number of nitrogens with zero attached hydrogens (tertiary/aromatic N) is 2. The minimum Gasteiger partial charge on any atom is -0.371 e. The molecular formula is C18H16N2O2. The summed E-state index contributed by atoms with van der Waals surface area (Å²) in [5.74, 6) is -0.866. The van der Waals surface area contributed by atoms with Crippen molar-refractivity contribution < 1.29 is 9.59 Å². The fourth-order valence-electron chi connectivity index (χ4n) is 3.32. The number of hydrogen-bond acceptors (Lipinski definition) is 3. The number of hydrogen-bond donors (Lipinski definition) is 0. The largest absolute Gasteiger partial charge is 0.371 e. The molecule has 1 amide bonds. The highest BCUT2D eigenvalue weighted by atomic mass is 16.2. The van der Waals surface area contributed by atoms with Crippen LogP contribution in [0.4, 0.5) is 17.1 Å². The van der Waals surface area contributed by atoms with Gasteiger partial charge in [-0.1, -0.05) is 24.3 Å². The van der Waals surface area contributed by atoms with E-state index in [0.29, 0.717) is 11.3 Å². The first-order valence-electron chi connectivity index (χ1n) is 7.59. The molecule has 1 fully saturated rings. The minimum atomic E-state index is -0.465. The Labute approximate surface area is 129 Å². The molecule has 0 spiro atoms. The van der Waals surface area contributed by atoms with Crippen LogP contribution in [0.25, 0.3) is 0 Å². The highest BCUT2D eigenvalue weighted by molar-refractivity contribution is 6.54. The highest BCUT2D eigenvalue weighted by Gasteiger charge is 2.39. The molecule has 2 aromatic rings. The van der Waals surface area contributed by atoms with Gasteiger partial charge in [-0.15, -0.1) is 0 Å². The van der Waals surface area contributed by atoms with E-state index in [1.807, 2.05) is 48.5 Å². The molecule has 22 heavy (non-hydrogen) atoms. The summed E-state index contributed by atoms with van der Waals surface area (Å²) in [6.45, 7) is 1.90. The fraction of sp³-hybridized carbons (Fsp3) is 0.222. The van der Waals surface area contributed by atoms with Crippen LogP contribution in [0, 0.1) is 0 Å². The van der Waals surface area contributed by atoms with Crippen LogP contribution in [-0.4, -0.2) is 24.8 Å². The molecule has 0 aromatic heterocycles. The normalized spacial score (nSPS) is 17.3. The summed E-state index contributed by atoms with van der Waals surface area (Å²) >= 11 is 0. The fourth-order valence-corrected chi connectivity index (χ4v) is 3.32. The number of amides is 1. The summed E-state index contributed by atoms with van der Waals surface area (Å²) in [5.41, 5.74) is 2.88. The second-order valence-electron chi connectivity index (χ2n) is 5.67. The van der Waals surface area contributed by atoms with Crippen LogP contribution in [0.1, 0.15) is 23.2 Å². The lowest BCUT2D eigenvalue weighted by Crippen LogP contribution is -2.25. The van der Waals surface area contributed by atoms with Gasteiger partial charge in [0, 0.05) is 18.8 Å². The molecule has 0 saturated carbocycles. The molecule has 4 heteroatoms. The maximum absolute atomic E-state index is 12.5. The lowest BCUT2D eigenvalue weighted by molar-refractivity contribution is -0.113. The summed E-state index contributed by atoms with van der Waals surface area (Å²) in [6.07, 6.45) is 2.27. The highest BCUT2D eigenvalue weighted by Crippen LogP contribution is 2.40. The maximum atomic E-state index is 12.5. The molecule has 0 aliphatic carbocycles. The monoisotopic (exact) mass is 292 g/mol. The Morgan fingerprint density at radius 1 is 0.773 bits per heavy atom. The van der Waals surface area contributed by atoms with Crippen molar-refractivity contribution in [3.63, 3.8) is 0 Å². The Morgan fingerprint density at radius 3 is 2.18 bits per heavy atom. The van der Waals surface area contributed by atoms with E-state index >= 15 is 0 Å². The van der Waals surface area contributed by atoms with Crippen LogP contribution >= 0.6 is 0 Å². The first kappa shape index (κ1) is 13.1. The van der Waals surface area contributed by atoms with Gasteiger partial charge in [0.25, 0.3) is 5.78 Å². The van der Waals surface area contributed by atoms with Crippen molar-refractivity contribution in [1.29, 1.82) is 0 Å². The zero-order chi connectivity index (χ0) is 15.1. The number of benzene rings is 2. The number of ketones is 1. The zero-order valence-electron chi connectivity index (χ0n) is 12.2. The topological polar surface area (TPSA) is 40.6 Å². The number of fused-ring (bicyclic) bond motifs is 1. The van der Waals surface area contributed by atoms with Crippen molar-refractivity contribution in [3.8, 4) is 0 Å². The van der Waals surface area contributed by atoms with Crippen molar-refractivity contribution in [2.24, 2.45) is 0 Å². The lowest BCUT2D eigenvalue weighted by atomic mass is 10.1. The SMILES string of the molecule is O=C1C(=O)N(c2ccccc2)c2cccc(N3CCCC3)c21. The molecule has 1 saturated heterocycles. The van der Waals surface area contributed by atoms with Gasteiger partial charge in [0.15, 0.2) is 0 Å². The first-order valence-corrected chi connectivity index (χ1v) is 7.59. The van der Waals surface area contributed by atoms with Gasteiger partial charge in [0.05, 0.1) is 16.9 Å². The Bertz CT molecular complexity index is 749. The smallest absolute Gasteiger partial charge is 0.304 e. The Hall–Kier alpha value is -2.62. The average molecular weight is 292 g/mol. The van der Waals surface area contributed by atoms with E-state index in [-0.39, 0.29) is 0 Å². The summed E-state index contributed by atoms with van der Waals surface area (Å²) in [7, 11) is 0. The standard InChI is InChI=1S/C18H16N2O2/c21-17-16-14(19-11-4-5-12-19)9-6-10-15(16)20(18(17)22)13-7-2-1-3-8-13/h1-3,6-10H,4-5,11-12H2. The number of carbonyl (C=O) groups excluding carboxylic acids is 2. The second kappa shape index (κ2) is 4.98. The summed E-state index contributed by atoms with van der Waals surface area (Å²) in [5, 5.41) is 0. The predicted octanol–water partition coefficient (Wildman–Crippen LogP) is 3.15. The molecule has 0 atom stereocenters. The molecule has 110 valence electrons. The molecule has 4 rings (SSSR count). The summed E-state index contributed by atoms with van der Waals surface area (Å²) in [4.78, 5) is 28.8. The van der Waals surface area contributed by atoms with Crippen LogP contribution in [0.3, 0.4) is 0 Å². The number of para-hydroxylation sites is 1. The third-order valence-corrected chi connectivity index (χ3v) is 4.35. The molecule has 2 aliphatic heterocycles. The molecule has 0 bridgehead atoms. The van der Waals surface area contributed by atoms with Crippen molar-refractivity contribution in [1.82, 2.24) is 0 Å². The van der Waals surface area contributed by atoms with Crippen LogP contribution in [0.5, 0.6) is 0 Å². The molecule has 2 aromatic carbocycles. The van der Waals surface area contributed by atoms with Crippen molar-refractivity contribution in [2.75, 3.05) is 22.9 Å². The first-order chi connectivity index (χ1) is 10.8. The van der Waals surface area contributed by atoms with E-state index in [1.54, 1.807) is 0 Å². The van der Waals surface area contributed by atoms with Gasteiger partial charge in [-0.2, -0.15) is 0 Å². The maximum Gasteiger partial charge on any atom is 0.304 e. The Kier molecular flexibility index (Phi) is 2.96. The summed E-state index contributed by atoms with van der Waals surface area (Å²) in [6, 6.07) is 15.1. The second-order valence-corrected chi connectivity index (χ2v) is 5.67. The van der Waals surface area contributed by atoms with Crippen molar-refractivity contribution in [2.45, 2.75) is 12.8 Å². The van der Waals surface area contributed by atoms with Crippen LogP contribution < -0.4 is 9.80 Å². The average Bonchev–Trinajstić information content (AvgIpc) is 3.17. The van der Waals surface area contributed by atoms with Gasteiger partial charge in [-0.25, -0.2) is 0 Å². The number of rotatable bonds is 2. The van der Waals surface area contributed by atoms with Crippen molar-refractivity contribution in [3.05, 3.63) is 54.1 Å². The van der Waals surface area contributed by atoms with E-state index in [9.17, 15) is 9.59 Å². The van der Waals surface area contributed by atoms with Gasteiger partial charge >= 0.3 is 5.91 Å². The van der Waals surface area contributed by atoms with Crippen LogP contribution in [0.2, 0.25) is 0 Å². The lowest BCUT2D eigenvalue weighted by Gasteiger charge is -2.21. The molecule has 0 unspecified atom stereocenters. The van der Waals surface area contributed by atoms with E-state index in [1.165, 1.54) is 4.90 Å². The van der Waals surface area contributed by atoms with E-state index in [0.717, 1.165) is 37.3 Å². The molecular weight excluding hydrogens is 276 g/mol. The molecule has 4 nitrogen and oxygen atoms in total. The predicted molar refractivity (Wildman–Crippen MR) is 85.8 cm³/mol. The zero-order valence-corrected chi connectivity index (χ0v) is 12.2. The van der Waals surface area contributed by atoms with Crippen molar-refractivity contribution >= 4 is 28.8 Å². The van der Waals surface area contributed by atoms with Gasteiger partial charge in [0.2, 0.25) is 0 Å².